The number of aryl methyl sites for hydroxylation is 1. The number of H-pyrrole nitrogens is 1. The summed E-state index contributed by atoms with van der Waals surface area (Å²) in [6.07, 6.45) is 1.89. The molecule has 0 aliphatic carbocycles. The molecule has 27 heavy (non-hydrogen) atoms. The number of thioether (sulfide) groups is 1. The molecule has 9 heteroatoms. The standard InChI is InChI=1S/C18H26N4O3S2/c1-6-9(4)7-11-10(5)26-16-12(11)14(23)21-18(22-16)27-13(8(2)3)15(24)20-17(19)25/h8-9,13H,6-7H2,1-5H3,(H,21,22,23)(H3,19,20,24,25)/t9-,13-/m1/s1. The Labute approximate surface area is 166 Å². The number of carbonyl (C=O) groups excluding carboxylic acids is 2. The van der Waals surface area contributed by atoms with Crippen molar-refractivity contribution in [3.8, 4) is 0 Å². The predicted molar refractivity (Wildman–Crippen MR) is 110 cm³/mol. The van der Waals surface area contributed by atoms with E-state index >= 15 is 0 Å². The van der Waals surface area contributed by atoms with Gasteiger partial charge in [-0.05, 0) is 30.7 Å². The smallest absolute Gasteiger partial charge is 0.318 e. The average Bonchev–Trinajstić information content (AvgIpc) is 2.87. The fourth-order valence-electron chi connectivity index (χ4n) is 2.76. The van der Waals surface area contributed by atoms with Gasteiger partial charge in [0.15, 0.2) is 5.16 Å². The predicted octanol–water partition coefficient (Wildman–Crippen LogP) is 3.19. The molecule has 0 saturated heterocycles. The number of hydrogen-bond acceptors (Lipinski definition) is 6. The van der Waals surface area contributed by atoms with E-state index < -0.39 is 17.2 Å². The summed E-state index contributed by atoms with van der Waals surface area (Å²) in [7, 11) is 0. The Kier molecular flexibility index (Phi) is 7.05. The number of urea groups is 1. The van der Waals surface area contributed by atoms with Gasteiger partial charge in [-0.1, -0.05) is 45.9 Å². The van der Waals surface area contributed by atoms with Crippen molar-refractivity contribution in [2.24, 2.45) is 17.6 Å². The van der Waals surface area contributed by atoms with Crippen LogP contribution in [0.25, 0.3) is 10.2 Å². The van der Waals surface area contributed by atoms with Crippen LogP contribution in [0, 0.1) is 18.8 Å². The number of aromatic amines is 1. The molecule has 0 spiro atoms. The zero-order valence-corrected chi connectivity index (χ0v) is 17.8. The summed E-state index contributed by atoms with van der Waals surface area (Å²) in [6.45, 7) is 10.0. The highest BCUT2D eigenvalue weighted by Gasteiger charge is 2.26. The van der Waals surface area contributed by atoms with Gasteiger partial charge in [0, 0.05) is 4.88 Å². The zero-order chi connectivity index (χ0) is 20.3. The van der Waals surface area contributed by atoms with Crippen LogP contribution < -0.4 is 16.6 Å². The van der Waals surface area contributed by atoms with Gasteiger partial charge in [0.25, 0.3) is 5.56 Å². The van der Waals surface area contributed by atoms with E-state index in [1.165, 1.54) is 11.3 Å². The van der Waals surface area contributed by atoms with Crippen LogP contribution in [0.3, 0.4) is 0 Å². The first-order chi connectivity index (χ1) is 12.6. The number of fused-ring (bicyclic) bond motifs is 1. The van der Waals surface area contributed by atoms with E-state index in [-0.39, 0.29) is 11.5 Å². The first-order valence-corrected chi connectivity index (χ1v) is 10.6. The number of thiophene rings is 1. The maximum atomic E-state index is 12.7. The van der Waals surface area contributed by atoms with E-state index in [1.807, 2.05) is 20.8 Å². The van der Waals surface area contributed by atoms with Crippen LogP contribution in [0.4, 0.5) is 4.79 Å². The number of nitrogens with two attached hydrogens (primary N) is 1. The van der Waals surface area contributed by atoms with Gasteiger partial charge in [-0.25, -0.2) is 9.78 Å². The van der Waals surface area contributed by atoms with Gasteiger partial charge in [-0.2, -0.15) is 0 Å². The van der Waals surface area contributed by atoms with E-state index in [0.717, 1.165) is 35.0 Å². The number of imide groups is 1. The lowest BCUT2D eigenvalue weighted by Crippen LogP contribution is -2.42. The molecule has 0 fully saturated rings. The summed E-state index contributed by atoms with van der Waals surface area (Å²) in [5.74, 6) is -0.0933. The fraction of sp³-hybridized carbons (Fsp3) is 0.556. The van der Waals surface area contributed by atoms with Crippen LogP contribution in [0.5, 0.6) is 0 Å². The molecular weight excluding hydrogens is 384 g/mol. The Morgan fingerprint density at radius 2 is 2.00 bits per heavy atom. The Balaban J connectivity index is 2.39. The Morgan fingerprint density at radius 1 is 1.33 bits per heavy atom. The van der Waals surface area contributed by atoms with E-state index in [9.17, 15) is 14.4 Å². The minimum absolute atomic E-state index is 0.0821. The molecule has 2 aromatic heterocycles. The van der Waals surface area contributed by atoms with Crippen LogP contribution in [0.1, 0.15) is 44.6 Å². The van der Waals surface area contributed by atoms with Gasteiger partial charge >= 0.3 is 6.03 Å². The molecule has 0 radical (unpaired) electrons. The van der Waals surface area contributed by atoms with Crippen molar-refractivity contribution in [1.82, 2.24) is 15.3 Å². The van der Waals surface area contributed by atoms with Crippen molar-refractivity contribution in [3.63, 3.8) is 0 Å². The molecule has 2 aromatic rings. The molecule has 2 rings (SSSR count). The second kappa shape index (κ2) is 8.88. The lowest BCUT2D eigenvalue weighted by atomic mass is 9.98. The van der Waals surface area contributed by atoms with Gasteiger partial charge in [0.05, 0.1) is 10.6 Å². The van der Waals surface area contributed by atoms with Gasteiger partial charge in [0.2, 0.25) is 5.91 Å². The molecule has 7 nitrogen and oxygen atoms in total. The maximum Gasteiger partial charge on any atom is 0.318 e. The number of nitrogens with zero attached hydrogens (tertiary/aromatic N) is 1. The highest BCUT2D eigenvalue weighted by atomic mass is 32.2. The number of nitrogens with one attached hydrogen (secondary N) is 2. The summed E-state index contributed by atoms with van der Waals surface area (Å²) in [4.78, 5) is 45.0. The lowest BCUT2D eigenvalue weighted by molar-refractivity contribution is -0.120. The molecule has 148 valence electrons. The van der Waals surface area contributed by atoms with Crippen molar-refractivity contribution < 1.29 is 9.59 Å². The second-order valence-electron chi connectivity index (χ2n) is 7.04. The fourth-order valence-corrected chi connectivity index (χ4v) is 4.84. The lowest BCUT2D eigenvalue weighted by Gasteiger charge is -2.18. The molecule has 0 aliphatic heterocycles. The van der Waals surface area contributed by atoms with Crippen LogP contribution in [-0.4, -0.2) is 27.2 Å². The van der Waals surface area contributed by atoms with E-state index in [4.69, 9.17) is 5.73 Å². The Bertz CT molecular complexity index is 904. The average molecular weight is 411 g/mol. The van der Waals surface area contributed by atoms with Gasteiger partial charge < -0.3 is 10.7 Å². The molecule has 0 saturated carbocycles. The van der Waals surface area contributed by atoms with Crippen molar-refractivity contribution >= 4 is 45.3 Å². The quantitative estimate of drug-likeness (QED) is 0.478. The van der Waals surface area contributed by atoms with Crippen LogP contribution in [0.15, 0.2) is 9.95 Å². The molecule has 0 bridgehead atoms. The van der Waals surface area contributed by atoms with E-state index in [0.29, 0.717) is 21.3 Å². The first-order valence-electron chi connectivity index (χ1n) is 8.93. The summed E-state index contributed by atoms with van der Waals surface area (Å²) < 4.78 is 0. The van der Waals surface area contributed by atoms with Crippen molar-refractivity contribution in [2.45, 2.75) is 57.9 Å². The molecule has 3 amide bonds. The maximum absolute atomic E-state index is 12.7. The monoisotopic (exact) mass is 410 g/mol. The Hall–Kier alpha value is -1.87. The summed E-state index contributed by atoms with van der Waals surface area (Å²) in [6, 6.07) is -0.897. The number of amides is 3. The normalized spacial score (nSPS) is 13.7. The van der Waals surface area contributed by atoms with Crippen LogP contribution in [-0.2, 0) is 11.2 Å². The van der Waals surface area contributed by atoms with Gasteiger partial charge in [-0.15, -0.1) is 11.3 Å². The number of carbonyl (C=O) groups is 2. The molecule has 2 heterocycles. The molecule has 4 N–H and O–H groups in total. The van der Waals surface area contributed by atoms with Gasteiger partial charge in [-0.3, -0.25) is 14.9 Å². The van der Waals surface area contributed by atoms with Crippen LogP contribution >= 0.6 is 23.1 Å². The van der Waals surface area contributed by atoms with E-state index in [1.54, 1.807) is 0 Å². The van der Waals surface area contributed by atoms with Gasteiger partial charge in [0.1, 0.15) is 4.83 Å². The van der Waals surface area contributed by atoms with E-state index in [2.05, 4.69) is 29.1 Å². The largest absolute Gasteiger partial charge is 0.351 e. The molecule has 0 unspecified atom stereocenters. The summed E-state index contributed by atoms with van der Waals surface area (Å²) in [5.41, 5.74) is 5.91. The molecular formula is C18H26N4O3S2. The number of primary amides is 1. The first kappa shape index (κ1) is 21.4. The van der Waals surface area contributed by atoms with Crippen molar-refractivity contribution in [1.29, 1.82) is 0 Å². The highest BCUT2D eigenvalue weighted by molar-refractivity contribution is 8.00. The molecule has 0 aromatic carbocycles. The molecule has 2 atom stereocenters. The third-order valence-corrected chi connectivity index (χ3v) is 6.91. The number of rotatable bonds is 7. The third kappa shape index (κ3) is 5.10. The van der Waals surface area contributed by atoms with Crippen LogP contribution in [0.2, 0.25) is 0 Å². The highest BCUT2D eigenvalue weighted by Crippen LogP contribution is 2.32. The Morgan fingerprint density at radius 3 is 2.56 bits per heavy atom. The van der Waals surface area contributed by atoms with Crippen molar-refractivity contribution in [3.05, 3.63) is 20.8 Å². The number of aromatic nitrogens is 2. The minimum atomic E-state index is -0.897. The zero-order valence-electron chi connectivity index (χ0n) is 16.2. The topological polar surface area (TPSA) is 118 Å². The van der Waals surface area contributed by atoms with Crippen molar-refractivity contribution in [2.75, 3.05) is 0 Å². The SMILES string of the molecule is CC[C@@H](C)Cc1c(C)sc2nc(S[C@@H](C(=O)NC(N)=O)C(C)C)[nH]c(=O)c12. The summed E-state index contributed by atoms with van der Waals surface area (Å²) in [5, 5.41) is 2.51. The minimum Gasteiger partial charge on any atom is -0.351 e. The summed E-state index contributed by atoms with van der Waals surface area (Å²) >= 11 is 2.62. The third-order valence-electron chi connectivity index (χ3n) is 4.44. The number of hydrogen-bond donors (Lipinski definition) is 3. The molecule has 0 aliphatic rings. The second-order valence-corrected chi connectivity index (χ2v) is 9.38.